The van der Waals surface area contributed by atoms with E-state index in [0.717, 1.165) is 24.9 Å². The van der Waals surface area contributed by atoms with Gasteiger partial charge in [-0.1, -0.05) is 12.1 Å². The maximum atomic E-state index is 11.9. The van der Waals surface area contributed by atoms with Crippen molar-refractivity contribution in [3.63, 3.8) is 0 Å². The zero-order valence-corrected chi connectivity index (χ0v) is 9.46. The van der Waals surface area contributed by atoms with Gasteiger partial charge in [-0.15, -0.1) is 12.3 Å². The predicted molar refractivity (Wildman–Crippen MR) is 62.8 cm³/mol. The number of halogens is 2. The predicted octanol–water partition coefficient (Wildman–Crippen LogP) is 2.79. The van der Waals surface area contributed by atoms with E-state index in [9.17, 15) is 8.78 Å². The number of hydrogen-bond donors (Lipinski definition) is 1. The summed E-state index contributed by atoms with van der Waals surface area (Å²) in [7, 11) is 0. The minimum Gasteiger partial charge on any atom is -0.435 e. The Kier molecular flexibility index (Phi) is 6.05. The number of alkyl halides is 2. The molecule has 2 nitrogen and oxygen atoms in total. The van der Waals surface area contributed by atoms with Gasteiger partial charge in [-0.25, -0.2) is 0 Å². The van der Waals surface area contributed by atoms with Crippen molar-refractivity contribution in [1.29, 1.82) is 0 Å². The third kappa shape index (κ3) is 5.88. The molecule has 0 aliphatic rings. The second kappa shape index (κ2) is 7.64. The quantitative estimate of drug-likeness (QED) is 0.583. The van der Waals surface area contributed by atoms with Crippen molar-refractivity contribution in [3.05, 3.63) is 29.8 Å². The molecule has 0 saturated heterocycles. The van der Waals surface area contributed by atoms with E-state index in [4.69, 9.17) is 6.42 Å². The summed E-state index contributed by atoms with van der Waals surface area (Å²) in [6, 6.07) is 6.58. The largest absolute Gasteiger partial charge is 0.435 e. The Labute approximate surface area is 100.0 Å². The van der Waals surface area contributed by atoms with E-state index in [2.05, 4.69) is 16.0 Å². The molecule has 0 aliphatic carbocycles. The van der Waals surface area contributed by atoms with Crippen LogP contribution in [0.15, 0.2) is 24.3 Å². The number of hydrogen-bond acceptors (Lipinski definition) is 2. The lowest BCUT2D eigenvalue weighted by molar-refractivity contribution is -0.0498. The Morgan fingerprint density at radius 3 is 2.59 bits per heavy atom. The molecule has 92 valence electrons. The fourth-order valence-corrected chi connectivity index (χ4v) is 1.34. The highest BCUT2D eigenvalue weighted by atomic mass is 19.3. The highest BCUT2D eigenvalue weighted by molar-refractivity contribution is 5.27. The van der Waals surface area contributed by atoms with E-state index in [1.54, 1.807) is 12.1 Å². The Balaban J connectivity index is 2.28. The van der Waals surface area contributed by atoms with Gasteiger partial charge >= 0.3 is 6.61 Å². The molecule has 0 fully saturated rings. The van der Waals surface area contributed by atoms with Gasteiger partial charge in [0.15, 0.2) is 0 Å². The highest BCUT2D eigenvalue weighted by Gasteiger charge is 2.03. The van der Waals surface area contributed by atoms with Crippen LogP contribution in [-0.2, 0) is 6.54 Å². The van der Waals surface area contributed by atoms with Crippen molar-refractivity contribution < 1.29 is 13.5 Å². The molecular weight excluding hydrogens is 224 g/mol. The van der Waals surface area contributed by atoms with Crippen LogP contribution >= 0.6 is 0 Å². The van der Waals surface area contributed by atoms with Crippen molar-refractivity contribution in [3.8, 4) is 18.1 Å². The minimum atomic E-state index is -2.78. The maximum Gasteiger partial charge on any atom is 0.387 e. The number of rotatable bonds is 7. The lowest BCUT2D eigenvalue weighted by Crippen LogP contribution is -2.14. The van der Waals surface area contributed by atoms with Gasteiger partial charge in [-0.3, -0.25) is 0 Å². The number of unbranched alkanes of at least 4 members (excludes halogenated alkanes) is 1. The van der Waals surface area contributed by atoms with Crippen molar-refractivity contribution in [2.24, 2.45) is 0 Å². The van der Waals surface area contributed by atoms with Crippen LogP contribution in [-0.4, -0.2) is 13.2 Å². The third-order valence-corrected chi connectivity index (χ3v) is 2.15. The summed E-state index contributed by atoms with van der Waals surface area (Å²) in [5, 5.41) is 3.21. The normalized spacial score (nSPS) is 10.2. The maximum absolute atomic E-state index is 11.9. The third-order valence-electron chi connectivity index (χ3n) is 2.15. The summed E-state index contributed by atoms with van der Waals surface area (Å²) in [6.45, 7) is -1.23. The zero-order valence-electron chi connectivity index (χ0n) is 9.46. The van der Waals surface area contributed by atoms with E-state index < -0.39 is 6.61 Å². The molecule has 17 heavy (non-hydrogen) atoms. The lowest BCUT2D eigenvalue weighted by atomic mass is 10.2. The van der Waals surface area contributed by atoms with Gasteiger partial charge in [0.25, 0.3) is 0 Å². The van der Waals surface area contributed by atoms with Gasteiger partial charge in [0.05, 0.1) is 0 Å². The molecule has 0 bridgehead atoms. The molecule has 0 aromatic heterocycles. The molecule has 0 radical (unpaired) electrons. The summed E-state index contributed by atoms with van der Waals surface area (Å²) in [4.78, 5) is 0. The van der Waals surface area contributed by atoms with Crippen molar-refractivity contribution in [2.75, 3.05) is 6.54 Å². The first-order chi connectivity index (χ1) is 8.22. The van der Waals surface area contributed by atoms with E-state index in [0.29, 0.717) is 6.54 Å². The number of ether oxygens (including phenoxy) is 1. The summed E-state index contributed by atoms with van der Waals surface area (Å²) in [5.74, 6) is 2.74. The monoisotopic (exact) mass is 239 g/mol. The molecule has 4 heteroatoms. The number of benzene rings is 1. The average Bonchev–Trinajstić information content (AvgIpc) is 2.30. The second-order valence-corrected chi connectivity index (χ2v) is 3.51. The van der Waals surface area contributed by atoms with Crippen LogP contribution in [0.1, 0.15) is 18.4 Å². The minimum absolute atomic E-state index is 0.177. The topological polar surface area (TPSA) is 21.3 Å². The number of nitrogens with one attached hydrogen (secondary N) is 1. The molecule has 1 aromatic carbocycles. The van der Waals surface area contributed by atoms with Crippen molar-refractivity contribution >= 4 is 0 Å². The van der Waals surface area contributed by atoms with Gasteiger partial charge in [0.2, 0.25) is 0 Å². The van der Waals surface area contributed by atoms with Crippen molar-refractivity contribution in [1.82, 2.24) is 5.32 Å². The van der Waals surface area contributed by atoms with Crippen LogP contribution in [0.5, 0.6) is 5.75 Å². The van der Waals surface area contributed by atoms with Crippen LogP contribution in [0.3, 0.4) is 0 Å². The van der Waals surface area contributed by atoms with Crippen LogP contribution in [0, 0.1) is 12.3 Å². The number of terminal acetylenes is 1. The molecule has 0 unspecified atom stereocenters. The van der Waals surface area contributed by atoms with Crippen LogP contribution in [0.2, 0.25) is 0 Å². The molecule has 0 aliphatic heterocycles. The van der Waals surface area contributed by atoms with E-state index >= 15 is 0 Å². The average molecular weight is 239 g/mol. The first-order valence-corrected chi connectivity index (χ1v) is 5.40. The summed E-state index contributed by atoms with van der Waals surface area (Å²) in [5.41, 5.74) is 1.02. The van der Waals surface area contributed by atoms with E-state index in [1.165, 1.54) is 12.1 Å². The van der Waals surface area contributed by atoms with Gasteiger partial charge in [-0.2, -0.15) is 8.78 Å². The molecule has 1 rings (SSSR count). The first kappa shape index (κ1) is 13.5. The van der Waals surface area contributed by atoms with Gasteiger partial charge in [0, 0.05) is 13.0 Å². The molecule has 0 atom stereocenters. The zero-order chi connectivity index (χ0) is 12.5. The Morgan fingerprint density at radius 2 is 2.00 bits per heavy atom. The Morgan fingerprint density at radius 1 is 1.29 bits per heavy atom. The molecule has 0 spiro atoms. The lowest BCUT2D eigenvalue weighted by Gasteiger charge is -2.06. The van der Waals surface area contributed by atoms with Crippen LogP contribution < -0.4 is 10.1 Å². The van der Waals surface area contributed by atoms with Gasteiger partial charge in [0.1, 0.15) is 5.75 Å². The van der Waals surface area contributed by atoms with Crippen LogP contribution in [0.4, 0.5) is 8.78 Å². The molecule has 0 amide bonds. The molecular formula is C13H15F2NO. The van der Waals surface area contributed by atoms with E-state index in [-0.39, 0.29) is 5.75 Å². The van der Waals surface area contributed by atoms with Gasteiger partial charge in [-0.05, 0) is 30.7 Å². The SMILES string of the molecule is C#CCCCNCc1ccc(OC(F)F)cc1. The summed E-state index contributed by atoms with van der Waals surface area (Å²) >= 11 is 0. The summed E-state index contributed by atoms with van der Waals surface area (Å²) in [6.07, 6.45) is 6.82. The highest BCUT2D eigenvalue weighted by Crippen LogP contribution is 2.14. The Bertz CT molecular complexity index is 357. The fraction of sp³-hybridized carbons (Fsp3) is 0.385. The van der Waals surface area contributed by atoms with Crippen LogP contribution in [0.25, 0.3) is 0 Å². The Hall–Kier alpha value is -1.60. The molecule has 0 saturated carbocycles. The van der Waals surface area contributed by atoms with E-state index in [1.807, 2.05) is 0 Å². The van der Waals surface area contributed by atoms with Gasteiger partial charge < -0.3 is 10.1 Å². The molecule has 1 aromatic rings. The molecule has 1 N–H and O–H groups in total. The summed E-state index contributed by atoms with van der Waals surface area (Å²) < 4.78 is 28.0. The second-order valence-electron chi connectivity index (χ2n) is 3.51. The first-order valence-electron chi connectivity index (χ1n) is 5.40. The van der Waals surface area contributed by atoms with Crippen molar-refractivity contribution in [2.45, 2.75) is 26.0 Å². The smallest absolute Gasteiger partial charge is 0.387 e. The molecule has 0 heterocycles. The fourth-order valence-electron chi connectivity index (χ4n) is 1.34. The standard InChI is InChI=1S/C13H15F2NO/c1-2-3-4-9-16-10-11-5-7-12(8-6-11)17-13(14)15/h1,5-8,13,16H,3-4,9-10H2.